The third-order valence-corrected chi connectivity index (χ3v) is 2.80. The molecule has 0 radical (unpaired) electrons. The Balaban J connectivity index is 2.29. The first-order valence-electron chi connectivity index (χ1n) is 6.13. The molecule has 1 rings (SSSR count). The molecule has 100 valence electrons. The maximum atomic E-state index is 11.8. The van der Waals surface area contributed by atoms with E-state index in [9.17, 15) is 9.59 Å². The number of carbonyl (C=O) groups excluding carboxylic acids is 2. The number of carbonyl (C=O) groups is 2. The van der Waals surface area contributed by atoms with Crippen LogP contribution in [-0.2, 0) is 19.1 Å². The van der Waals surface area contributed by atoms with Crippen molar-refractivity contribution in [3.05, 3.63) is 0 Å². The van der Waals surface area contributed by atoms with Crippen LogP contribution < -0.4 is 5.32 Å². The summed E-state index contributed by atoms with van der Waals surface area (Å²) in [6.07, 6.45) is 6.83. The van der Waals surface area contributed by atoms with Crippen LogP contribution in [0.15, 0.2) is 0 Å². The summed E-state index contributed by atoms with van der Waals surface area (Å²) < 4.78 is 10.1. The summed E-state index contributed by atoms with van der Waals surface area (Å²) in [6, 6.07) is -0.641. The summed E-state index contributed by atoms with van der Waals surface area (Å²) in [5.74, 6) is 1.74. The first kappa shape index (κ1) is 14.5. The van der Waals surface area contributed by atoms with Crippen molar-refractivity contribution in [2.75, 3.05) is 19.8 Å². The van der Waals surface area contributed by atoms with Crippen LogP contribution in [0.1, 0.15) is 26.2 Å². The van der Waals surface area contributed by atoms with E-state index >= 15 is 0 Å². The largest absolute Gasteiger partial charge is 0.463 e. The van der Waals surface area contributed by atoms with Gasteiger partial charge in [-0.2, -0.15) is 0 Å². The number of hydrogen-bond donors (Lipinski definition) is 1. The number of amides is 1. The van der Waals surface area contributed by atoms with Crippen LogP contribution in [0.25, 0.3) is 0 Å². The van der Waals surface area contributed by atoms with Gasteiger partial charge in [0.1, 0.15) is 12.6 Å². The standard InChI is InChI=1S/C13H19NO4/c1-3-4-7-18-13(16)10(2)14-12(15)11-5-8-17-9-6-11/h1,10-11H,4-9H2,2H3,(H,14,15)/t10-/m1/s1. The van der Waals surface area contributed by atoms with Crippen molar-refractivity contribution in [1.29, 1.82) is 0 Å². The van der Waals surface area contributed by atoms with Gasteiger partial charge >= 0.3 is 5.97 Å². The van der Waals surface area contributed by atoms with Crippen LogP contribution in [0.5, 0.6) is 0 Å². The lowest BCUT2D eigenvalue weighted by Crippen LogP contribution is -2.43. The molecule has 0 aromatic rings. The minimum absolute atomic E-state index is 0.0697. The quantitative estimate of drug-likeness (QED) is 0.440. The molecule has 0 saturated carbocycles. The van der Waals surface area contributed by atoms with E-state index in [-0.39, 0.29) is 18.4 Å². The summed E-state index contributed by atoms with van der Waals surface area (Å²) in [7, 11) is 0. The first-order valence-corrected chi connectivity index (χ1v) is 6.13. The van der Waals surface area contributed by atoms with Gasteiger partial charge in [-0.1, -0.05) is 0 Å². The fourth-order valence-electron chi connectivity index (χ4n) is 1.69. The second-order valence-corrected chi connectivity index (χ2v) is 4.24. The number of nitrogens with one attached hydrogen (secondary N) is 1. The zero-order chi connectivity index (χ0) is 13.4. The lowest BCUT2D eigenvalue weighted by atomic mass is 9.99. The summed E-state index contributed by atoms with van der Waals surface area (Å²) in [4.78, 5) is 23.3. The van der Waals surface area contributed by atoms with Crippen molar-refractivity contribution in [3.63, 3.8) is 0 Å². The van der Waals surface area contributed by atoms with Crippen molar-refractivity contribution in [3.8, 4) is 12.3 Å². The van der Waals surface area contributed by atoms with E-state index in [2.05, 4.69) is 11.2 Å². The van der Waals surface area contributed by atoms with Crippen molar-refractivity contribution in [2.45, 2.75) is 32.2 Å². The maximum absolute atomic E-state index is 11.8. The van der Waals surface area contributed by atoms with Gasteiger partial charge in [-0.3, -0.25) is 4.79 Å². The third-order valence-electron chi connectivity index (χ3n) is 2.80. The molecule has 1 heterocycles. The van der Waals surface area contributed by atoms with Gasteiger partial charge in [0.15, 0.2) is 0 Å². The summed E-state index contributed by atoms with van der Waals surface area (Å²) in [5.41, 5.74) is 0. The van der Waals surface area contributed by atoms with Crippen LogP contribution in [0.4, 0.5) is 0 Å². The zero-order valence-electron chi connectivity index (χ0n) is 10.6. The van der Waals surface area contributed by atoms with E-state index in [1.807, 2.05) is 0 Å². The van der Waals surface area contributed by atoms with Crippen molar-refractivity contribution < 1.29 is 19.1 Å². The molecule has 1 aliphatic rings. The summed E-state index contributed by atoms with van der Waals surface area (Å²) >= 11 is 0. The fraction of sp³-hybridized carbons (Fsp3) is 0.692. The van der Waals surface area contributed by atoms with Gasteiger partial charge in [0.25, 0.3) is 0 Å². The first-order chi connectivity index (χ1) is 8.65. The monoisotopic (exact) mass is 253 g/mol. The molecule has 5 nitrogen and oxygen atoms in total. The molecular formula is C13H19NO4. The average Bonchev–Trinajstić information content (AvgIpc) is 2.39. The Morgan fingerprint density at radius 1 is 1.50 bits per heavy atom. The Morgan fingerprint density at radius 3 is 2.78 bits per heavy atom. The SMILES string of the molecule is C#CCCOC(=O)[C@@H](C)NC(=O)C1CCOCC1. The molecule has 0 aromatic carbocycles. The molecule has 1 amide bonds. The molecule has 0 aromatic heterocycles. The molecule has 1 aliphatic heterocycles. The van der Waals surface area contributed by atoms with E-state index < -0.39 is 12.0 Å². The molecule has 1 saturated heterocycles. The van der Waals surface area contributed by atoms with E-state index in [0.29, 0.717) is 32.5 Å². The molecule has 0 unspecified atom stereocenters. The highest BCUT2D eigenvalue weighted by atomic mass is 16.5. The Kier molecular flexibility index (Phi) is 6.23. The Morgan fingerprint density at radius 2 is 2.17 bits per heavy atom. The number of esters is 1. The van der Waals surface area contributed by atoms with Gasteiger partial charge in [-0.25, -0.2) is 4.79 Å². The Hall–Kier alpha value is -1.54. The second-order valence-electron chi connectivity index (χ2n) is 4.24. The van der Waals surface area contributed by atoms with E-state index in [4.69, 9.17) is 15.9 Å². The molecule has 5 heteroatoms. The molecule has 1 fully saturated rings. The van der Waals surface area contributed by atoms with Crippen molar-refractivity contribution in [1.82, 2.24) is 5.32 Å². The van der Waals surface area contributed by atoms with E-state index in [0.717, 1.165) is 0 Å². The van der Waals surface area contributed by atoms with Gasteiger partial charge in [0, 0.05) is 25.6 Å². The fourth-order valence-corrected chi connectivity index (χ4v) is 1.69. The normalized spacial score (nSPS) is 17.6. The second kappa shape index (κ2) is 7.72. The van der Waals surface area contributed by atoms with Crippen molar-refractivity contribution >= 4 is 11.9 Å². The topological polar surface area (TPSA) is 64.6 Å². The number of ether oxygens (including phenoxy) is 2. The summed E-state index contributed by atoms with van der Waals surface area (Å²) in [5, 5.41) is 2.66. The smallest absolute Gasteiger partial charge is 0.328 e. The molecule has 0 bridgehead atoms. The summed E-state index contributed by atoms with van der Waals surface area (Å²) in [6.45, 7) is 2.99. The number of hydrogen-bond acceptors (Lipinski definition) is 4. The molecule has 1 N–H and O–H groups in total. The minimum atomic E-state index is -0.641. The Bertz CT molecular complexity index is 328. The van der Waals surface area contributed by atoms with E-state index in [1.54, 1.807) is 6.92 Å². The van der Waals surface area contributed by atoms with Gasteiger partial charge in [0.2, 0.25) is 5.91 Å². The Labute approximate surface area is 107 Å². The predicted octanol–water partition coefficient (Wildman–Crippen LogP) is 0.484. The number of terminal acetylenes is 1. The van der Waals surface area contributed by atoms with Crippen LogP contribution in [0.2, 0.25) is 0 Å². The van der Waals surface area contributed by atoms with Gasteiger partial charge in [-0.05, 0) is 19.8 Å². The van der Waals surface area contributed by atoms with E-state index in [1.165, 1.54) is 0 Å². The highest BCUT2D eigenvalue weighted by Crippen LogP contribution is 2.14. The van der Waals surface area contributed by atoms with Crippen LogP contribution in [-0.4, -0.2) is 37.7 Å². The zero-order valence-corrected chi connectivity index (χ0v) is 10.6. The van der Waals surface area contributed by atoms with Crippen LogP contribution in [0, 0.1) is 18.3 Å². The molecule has 0 aliphatic carbocycles. The van der Waals surface area contributed by atoms with Crippen molar-refractivity contribution in [2.24, 2.45) is 5.92 Å². The number of rotatable bonds is 5. The highest BCUT2D eigenvalue weighted by molar-refractivity contribution is 5.85. The van der Waals surface area contributed by atoms with Gasteiger partial charge < -0.3 is 14.8 Å². The third kappa shape index (κ3) is 4.76. The lowest BCUT2D eigenvalue weighted by molar-refractivity contribution is -0.148. The van der Waals surface area contributed by atoms with Crippen LogP contribution >= 0.6 is 0 Å². The molecule has 0 spiro atoms. The molecule has 18 heavy (non-hydrogen) atoms. The van der Waals surface area contributed by atoms with Gasteiger partial charge in [0.05, 0.1) is 0 Å². The lowest BCUT2D eigenvalue weighted by Gasteiger charge is -2.22. The van der Waals surface area contributed by atoms with Crippen LogP contribution in [0.3, 0.4) is 0 Å². The highest BCUT2D eigenvalue weighted by Gasteiger charge is 2.25. The molecule has 1 atom stereocenters. The maximum Gasteiger partial charge on any atom is 0.328 e. The van der Waals surface area contributed by atoms with Gasteiger partial charge in [-0.15, -0.1) is 12.3 Å². The molecular weight excluding hydrogens is 234 g/mol. The average molecular weight is 253 g/mol. The minimum Gasteiger partial charge on any atom is -0.463 e. The predicted molar refractivity (Wildman–Crippen MR) is 65.6 cm³/mol.